The van der Waals surface area contributed by atoms with Gasteiger partial charge in [-0.2, -0.15) is 18.4 Å². The molecule has 41 heavy (non-hydrogen) atoms. The van der Waals surface area contributed by atoms with Gasteiger partial charge in [-0.05, 0) is 49.2 Å². The lowest BCUT2D eigenvalue weighted by Gasteiger charge is -2.30. The summed E-state index contributed by atoms with van der Waals surface area (Å²) in [6.07, 6.45) is -1.13. The number of hydrogen-bond donors (Lipinski definition) is 1. The summed E-state index contributed by atoms with van der Waals surface area (Å²) in [5, 5.41) is 23.3. The fourth-order valence-electron chi connectivity index (χ4n) is 5.08. The third-order valence-electron chi connectivity index (χ3n) is 7.62. The molecule has 0 aliphatic carbocycles. The van der Waals surface area contributed by atoms with E-state index in [-0.39, 0.29) is 17.9 Å². The first-order chi connectivity index (χ1) is 19.4. The van der Waals surface area contributed by atoms with Crippen LogP contribution in [-0.2, 0) is 32.3 Å². The van der Waals surface area contributed by atoms with E-state index >= 15 is 0 Å². The van der Waals surface area contributed by atoms with Crippen LogP contribution in [0.15, 0.2) is 54.9 Å². The van der Waals surface area contributed by atoms with Crippen LogP contribution in [0.1, 0.15) is 50.9 Å². The summed E-state index contributed by atoms with van der Waals surface area (Å²) in [5.74, 6) is 1.59. The van der Waals surface area contributed by atoms with Gasteiger partial charge in [-0.15, -0.1) is 0 Å². The summed E-state index contributed by atoms with van der Waals surface area (Å²) in [4.78, 5) is 13.4. The quantitative estimate of drug-likeness (QED) is 0.310. The highest BCUT2D eigenvalue weighted by Gasteiger charge is 2.40. The molecule has 3 aromatic heterocycles. The van der Waals surface area contributed by atoms with E-state index in [0.29, 0.717) is 50.6 Å². The molecule has 1 N–H and O–H groups in total. The van der Waals surface area contributed by atoms with Gasteiger partial charge in [-0.25, -0.2) is 15.0 Å². The number of aliphatic hydroxyl groups is 1. The zero-order valence-electron chi connectivity index (χ0n) is 23.1. The highest BCUT2D eigenvalue weighted by Crippen LogP contribution is 2.40. The van der Waals surface area contributed by atoms with Gasteiger partial charge in [0, 0.05) is 31.5 Å². The predicted molar refractivity (Wildman–Crippen MR) is 145 cm³/mol. The maximum Gasteiger partial charge on any atom is 0.416 e. The van der Waals surface area contributed by atoms with E-state index in [1.807, 2.05) is 27.9 Å². The van der Waals surface area contributed by atoms with Crippen molar-refractivity contribution in [1.29, 1.82) is 5.26 Å². The summed E-state index contributed by atoms with van der Waals surface area (Å²) >= 11 is 0. The number of nitriles is 1. The smallest absolute Gasteiger partial charge is 0.416 e. The highest BCUT2D eigenvalue weighted by atomic mass is 19.4. The molecule has 5 rings (SSSR count). The summed E-state index contributed by atoms with van der Waals surface area (Å²) in [6.45, 7) is 3.66. The third-order valence-corrected chi connectivity index (χ3v) is 7.62. The van der Waals surface area contributed by atoms with Crippen molar-refractivity contribution in [3.8, 4) is 11.9 Å². The molecule has 5 aromatic rings. The van der Waals surface area contributed by atoms with Gasteiger partial charge in [0.1, 0.15) is 17.7 Å². The van der Waals surface area contributed by atoms with Gasteiger partial charge in [0.2, 0.25) is 5.88 Å². The topological polar surface area (TPSA) is 102 Å². The SMILES string of the molecule is COc1nc2ccc(C(O)(c3cnc(C)n3C)c3cnc(C)n3C)cc2c(C#N)c1Cc1ccc(C(F)(F)F)cc1. The molecule has 0 spiro atoms. The van der Waals surface area contributed by atoms with E-state index < -0.39 is 17.3 Å². The van der Waals surface area contributed by atoms with Crippen molar-refractivity contribution in [2.75, 3.05) is 7.11 Å². The lowest BCUT2D eigenvalue weighted by molar-refractivity contribution is -0.137. The Hall–Kier alpha value is -4.69. The molecule has 0 aliphatic heterocycles. The Labute approximate surface area is 234 Å². The van der Waals surface area contributed by atoms with Crippen LogP contribution in [0.5, 0.6) is 5.88 Å². The number of halogens is 3. The van der Waals surface area contributed by atoms with Gasteiger partial charge in [0.05, 0.1) is 47.5 Å². The van der Waals surface area contributed by atoms with Crippen LogP contribution in [0.4, 0.5) is 13.2 Å². The van der Waals surface area contributed by atoms with Crippen LogP contribution in [0.2, 0.25) is 0 Å². The molecule has 0 radical (unpaired) electrons. The molecule has 0 amide bonds. The van der Waals surface area contributed by atoms with E-state index in [2.05, 4.69) is 21.0 Å². The second-order valence-corrected chi connectivity index (χ2v) is 9.90. The summed E-state index contributed by atoms with van der Waals surface area (Å²) in [6, 6.07) is 12.1. The number of methoxy groups -OCH3 is 1. The molecule has 0 bridgehead atoms. The number of rotatable bonds is 6. The third kappa shape index (κ3) is 4.60. The Morgan fingerprint density at radius 1 is 0.927 bits per heavy atom. The predicted octanol–water partition coefficient (Wildman–Crippen LogP) is 5.09. The van der Waals surface area contributed by atoms with Crippen molar-refractivity contribution in [2.24, 2.45) is 14.1 Å². The molecule has 3 heterocycles. The van der Waals surface area contributed by atoms with Gasteiger partial charge in [-0.1, -0.05) is 18.2 Å². The zero-order valence-corrected chi connectivity index (χ0v) is 23.1. The lowest BCUT2D eigenvalue weighted by Crippen LogP contribution is -2.33. The van der Waals surface area contributed by atoms with Crippen LogP contribution in [0.3, 0.4) is 0 Å². The van der Waals surface area contributed by atoms with Crippen molar-refractivity contribution in [1.82, 2.24) is 24.1 Å². The van der Waals surface area contributed by atoms with Crippen molar-refractivity contribution >= 4 is 10.9 Å². The Morgan fingerprint density at radius 3 is 1.95 bits per heavy atom. The first-order valence-electron chi connectivity index (χ1n) is 12.7. The largest absolute Gasteiger partial charge is 0.481 e. The normalized spacial score (nSPS) is 12.1. The Bertz CT molecular complexity index is 1770. The van der Waals surface area contributed by atoms with Crippen molar-refractivity contribution in [2.45, 2.75) is 32.0 Å². The Morgan fingerprint density at radius 2 is 1.49 bits per heavy atom. The van der Waals surface area contributed by atoms with E-state index in [4.69, 9.17) is 4.74 Å². The molecule has 0 unspecified atom stereocenters. The fraction of sp³-hybridized carbons (Fsp3) is 0.267. The Kier molecular flexibility index (Phi) is 6.83. The van der Waals surface area contributed by atoms with Gasteiger partial charge < -0.3 is 19.0 Å². The molecule has 11 heteroatoms. The maximum absolute atomic E-state index is 13.1. The molecule has 2 aromatic carbocycles. The number of aryl methyl sites for hydroxylation is 2. The number of fused-ring (bicyclic) bond motifs is 1. The molecule has 0 aliphatic rings. The second-order valence-electron chi connectivity index (χ2n) is 9.90. The summed E-state index contributed by atoms with van der Waals surface area (Å²) in [7, 11) is 5.04. The minimum Gasteiger partial charge on any atom is -0.481 e. The van der Waals surface area contributed by atoms with E-state index in [1.54, 1.807) is 39.7 Å². The van der Waals surface area contributed by atoms with Crippen molar-refractivity contribution in [3.05, 3.63) is 106 Å². The molecular formula is C30H27F3N6O2. The fourth-order valence-corrected chi connectivity index (χ4v) is 5.08. The average Bonchev–Trinajstić information content (AvgIpc) is 3.47. The number of benzene rings is 2. The number of aromatic nitrogens is 5. The number of imidazole rings is 2. The molecule has 0 saturated carbocycles. The number of alkyl halides is 3. The lowest BCUT2D eigenvalue weighted by atomic mass is 9.85. The minimum absolute atomic E-state index is 0.115. The molecule has 0 saturated heterocycles. The van der Waals surface area contributed by atoms with E-state index in [1.165, 1.54) is 19.2 Å². The first-order valence-corrected chi connectivity index (χ1v) is 12.7. The number of ether oxygens (including phenoxy) is 1. The maximum atomic E-state index is 13.1. The van der Waals surface area contributed by atoms with Crippen LogP contribution in [0, 0.1) is 25.2 Å². The molecule has 210 valence electrons. The van der Waals surface area contributed by atoms with Gasteiger partial charge in [-0.3, -0.25) is 0 Å². The average molecular weight is 561 g/mol. The molecule has 8 nitrogen and oxygen atoms in total. The Balaban J connectivity index is 1.72. The standard InChI is InChI=1S/C30H27F3N6O2/c1-17-35-15-26(38(17)3)29(40,27-16-36-18(2)39(27)4)21-10-11-25-22(13-21)24(14-34)23(28(37-25)41-5)12-19-6-8-20(9-7-19)30(31,32)33/h6-11,13,15-16,40H,12H2,1-5H3. The van der Waals surface area contributed by atoms with Crippen LogP contribution >= 0.6 is 0 Å². The number of hydrogen-bond acceptors (Lipinski definition) is 6. The molecular weight excluding hydrogens is 533 g/mol. The van der Waals surface area contributed by atoms with Gasteiger partial charge in [0.15, 0.2) is 5.60 Å². The van der Waals surface area contributed by atoms with E-state index in [0.717, 1.165) is 12.1 Å². The summed E-state index contributed by atoms with van der Waals surface area (Å²) in [5.41, 5.74) is 0.699. The molecule has 0 atom stereocenters. The van der Waals surface area contributed by atoms with Gasteiger partial charge >= 0.3 is 6.18 Å². The first kappa shape index (κ1) is 27.9. The second kappa shape index (κ2) is 10.1. The summed E-state index contributed by atoms with van der Waals surface area (Å²) < 4.78 is 48.3. The monoisotopic (exact) mass is 560 g/mol. The van der Waals surface area contributed by atoms with Crippen molar-refractivity contribution < 1.29 is 23.0 Å². The number of nitrogens with zero attached hydrogens (tertiary/aromatic N) is 6. The molecule has 0 fully saturated rings. The minimum atomic E-state index is -4.45. The number of pyridine rings is 1. The van der Waals surface area contributed by atoms with Crippen LogP contribution in [0.25, 0.3) is 10.9 Å². The van der Waals surface area contributed by atoms with Crippen LogP contribution in [-0.4, -0.2) is 36.3 Å². The highest BCUT2D eigenvalue weighted by molar-refractivity contribution is 5.88. The zero-order chi connectivity index (χ0) is 29.7. The van der Waals surface area contributed by atoms with Gasteiger partial charge in [0.25, 0.3) is 0 Å². The van der Waals surface area contributed by atoms with Crippen molar-refractivity contribution in [3.63, 3.8) is 0 Å². The van der Waals surface area contributed by atoms with Crippen LogP contribution < -0.4 is 4.74 Å². The van der Waals surface area contributed by atoms with E-state index in [9.17, 15) is 23.5 Å².